The minimum Gasteiger partial charge on any atom is -0.467 e. The fraction of sp³-hybridized carbons (Fsp3) is 0.455. The summed E-state index contributed by atoms with van der Waals surface area (Å²) in [6.45, 7) is 7.34. The fourth-order valence-corrected chi connectivity index (χ4v) is 2.35. The number of carbonyl (C=O) groups excluding carboxylic acids is 2. The van der Waals surface area contributed by atoms with Crippen LogP contribution < -0.4 is 5.32 Å². The van der Waals surface area contributed by atoms with Crippen LogP contribution in [0.3, 0.4) is 0 Å². The molecule has 1 rings (SSSR count). The summed E-state index contributed by atoms with van der Waals surface area (Å²) in [6.07, 6.45) is 4.62. The summed E-state index contributed by atoms with van der Waals surface area (Å²) in [6, 6.07) is 8.49. The normalized spacial score (nSPS) is 13.2. The number of benzene rings is 1. The van der Waals surface area contributed by atoms with Crippen molar-refractivity contribution in [1.82, 2.24) is 5.32 Å². The number of hydrogen-bond donors (Lipinski definition) is 1. The fourth-order valence-electron chi connectivity index (χ4n) is 2.35. The second-order valence-corrected chi connectivity index (χ2v) is 7.01. The number of nitrogens with one attached hydrogen (secondary N) is 1. The van der Waals surface area contributed by atoms with Crippen molar-refractivity contribution < 1.29 is 19.1 Å². The van der Waals surface area contributed by atoms with E-state index in [0.717, 1.165) is 18.4 Å². The highest BCUT2D eigenvalue weighted by Crippen LogP contribution is 2.23. The maximum absolute atomic E-state index is 12.4. The Morgan fingerprint density at radius 2 is 1.89 bits per heavy atom. The van der Waals surface area contributed by atoms with Crippen LogP contribution in [0.1, 0.15) is 52.0 Å². The zero-order valence-corrected chi connectivity index (χ0v) is 16.7. The zero-order valence-electron chi connectivity index (χ0n) is 16.7. The smallest absolute Gasteiger partial charge is 0.408 e. The van der Waals surface area contributed by atoms with Gasteiger partial charge in [0.2, 0.25) is 0 Å². The topological polar surface area (TPSA) is 64.6 Å². The maximum atomic E-state index is 12.4. The van der Waals surface area contributed by atoms with Crippen LogP contribution in [0, 0.1) is 11.8 Å². The summed E-state index contributed by atoms with van der Waals surface area (Å²) in [5, 5.41) is 2.64. The summed E-state index contributed by atoms with van der Waals surface area (Å²) in [7, 11) is 1.29. The Morgan fingerprint density at radius 1 is 1.22 bits per heavy atom. The number of amides is 1. The van der Waals surface area contributed by atoms with Gasteiger partial charge in [-0.1, -0.05) is 55.2 Å². The lowest BCUT2D eigenvalue weighted by molar-refractivity contribution is -0.143. The molecule has 0 bridgehead atoms. The van der Waals surface area contributed by atoms with Crippen LogP contribution in [0.2, 0.25) is 0 Å². The van der Waals surface area contributed by atoms with Crippen molar-refractivity contribution >= 4 is 12.1 Å². The average Bonchev–Trinajstić information content (AvgIpc) is 2.62. The van der Waals surface area contributed by atoms with E-state index in [9.17, 15) is 9.59 Å². The molecule has 1 aromatic rings. The number of carbonyl (C=O) groups is 2. The van der Waals surface area contributed by atoms with Crippen molar-refractivity contribution in [2.45, 2.75) is 58.1 Å². The van der Waals surface area contributed by atoms with E-state index in [1.807, 2.05) is 30.3 Å². The summed E-state index contributed by atoms with van der Waals surface area (Å²) >= 11 is 0. The first-order chi connectivity index (χ1) is 12.8. The largest absolute Gasteiger partial charge is 0.467 e. The highest BCUT2D eigenvalue weighted by atomic mass is 16.6. The molecular formula is C22H29NO4. The molecule has 0 aliphatic heterocycles. The van der Waals surface area contributed by atoms with Gasteiger partial charge in [-0.15, -0.1) is 0 Å². The van der Waals surface area contributed by atoms with Crippen LogP contribution in [0.5, 0.6) is 0 Å². The van der Waals surface area contributed by atoms with Gasteiger partial charge in [0.25, 0.3) is 0 Å². The van der Waals surface area contributed by atoms with Crippen LogP contribution in [-0.2, 0) is 14.3 Å². The molecule has 0 aliphatic carbocycles. The first-order valence-corrected chi connectivity index (χ1v) is 9.05. The van der Waals surface area contributed by atoms with Gasteiger partial charge in [0.15, 0.2) is 0 Å². The van der Waals surface area contributed by atoms with E-state index in [4.69, 9.17) is 9.47 Å². The molecule has 5 heteroatoms. The van der Waals surface area contributed by atoms with Gasteiger partial charge in [0.05, 0.1) is 7.11 Å². The Hall–Kier alpha value is -2.74. The van der Waals surface area contributed by atoms with Crippen molar-refractivity contribution in [3.8, 4) is 11.8 Å². The van der Waals surface area contributed by atoms with Crippen LogP contribution in [0.25, 0.3) is 0 Å². The minimum absolute atomic E-state index is 0.443. The quantitative estimate of drug-likeness (QED) is 0.601. The second-order valence-electron chi connectivity index (χ2n) is 7.01. The Bertz CT molecular complexity index is 693. The third-order valence-electron chi connectivity index (χ3n) is 3.53. The Labute approximate surface area is 162 Å². The molecule has 146 valence electrons. The number of unbranched alkanes of at least 4 members (excludes halogenated alkanes) is 1. The van der Waals surface area contributed by atoms with Crippen molar-refractivity contribution in [2.24, 2.45) is 0 Å². The van der Waals surface area contributed by atoms with Gasteiger partial charge < -0.3 is 14.8 Å². The molecule has 1 N–H and O–H groups in total. The lowest BCUT2D eigenvalue weighted by atomic mass is 9.91. The first kappa shape index (κ1) is 22.3. The summed E-state index contributed by atoms with van der Waals surface area (Å²) in [5.41, 5.74) is 0.187. The number of esters is 1. The molecule has 0 saturated carbocycles. The molecule has 0 aromatic heterocycles. The van der Waals surface area contributed by atoms with Gasteiger partial charge in [0.1, 0.15) is 11.6 Å². The predicted octanol–water partition coefficient (Wildman–Crippen LogP) is 4.20. The average molecular weight is 371 g/mol. The Kier molecular flexibility index (Phi) is 9.15. The molecule has 0 saturated heterocycles. The minimum atomic E-state index is -0.934. The molecule has 27 heavy (non-hydrogen) atoms. The van der Waals surface area contributed by atoms with Crippen LogP contribution in [0.4, 0.5) is 4.79 Å². The van der Waals surface area contributed by atoms with E-state index in [0.29, 0.717) is 0 Å². The molecule has 0 radical (unpaired) electrons. The molecule has 1 aromatic carbocycles. The van der Waals surface area contributed by atoms with E-state index in [-0.39, 0.29) is 0 Å². The number of methoxy groups -OCH3 is 1. The number of allylic oxidation sites excluding steroid dienone is 1. The van der Waals surface area contributed by atoms with E-state index in [1.54, 1.807) is 32.9 Å². The van der Waals surface area contributed by atoms with Crippen LogP contribution >= 0.6 is 0 Å². The van der Waals surface area contributed by atoms with Gasteiger partial charge in [0, 0.05) is 12.3 Å². The third-order valence-corrected chi connectivity index (χ3v) is 3.53. The van der Waals surface area contributed by atoms with Gasteiger partial charge in [-0.3, -0.25) is 0 Å². The summed E-state index contributed by atoms with van der Waals surface area (Å²) in [4.78, 5) is 24.6. The first-order valence-electron chi connectivity index (χ1n) is 9.05. The maximum Gasteiger partial charge on any atom is 0.408 e. The highest BCUT2D eigenvalue weighted by molar-refractivity contribution is 5.83. The SMILES string of the molecule is CCCC#C/C=C/[C@@H](c1ccccc1)[C@H](NC(=O)OC(C)(C)C)C(=O)OC. The number of ether oxygens (including phenoxy) is 2. The Balaban J connectivity index is 3.16. The van der Waals surface area contributed by atoms with Crippen LogP contribution in [-0.4, -0.2) is 30.8 Å². The standard InChI is InChI=1S/C22H29NO4/c1-6-7-8-9-13-16-18(17-14-11-10-12-15-17)19(20(24)26-5)23-21(25)27-22(2,3)4/h10-16,18-19H,6-7H2,1-5H3,(H,23,25)/b16-13+/t18-,19-/m0/s1. The van der Waals surface area contributed by atoms with E-state index in [1.165, 1.54) is 7.11 Å². The van der Waals surface area contributed by atoms with Crippen molar-refractivity contribution in [3.63, 3.8) is 0 Å². The lowest BCUT2D eigenvalue weighted by Gasteiger charge is -2.26. The van der Waals surface area contributed by atoms with Gasteiger partial charge in [-0.25, -0.2) is 9.59 Å². The van der Waals surface area contributed by atoms with E-state index >= 15 is 0 Å². The van der Waals surface area contributed by atoms with Crippen molar-refractivity contribution in [2.75, 3.05) is 7.11 Å². The molecule has 5 nitrogen and oxygen atoms in total. The number of hydrogen-bond acceptors (Lipinski definition) is 4. The molecular weight excluding hydrogens is 342 g/mol. The van der Waals surface area contributed by atoms with Crippen molar-refractivity contribution in [3.05, 3.63) is 48.0 Å². The van der Waals surface area contributed by atoms with Gasteiger partial charge >= 0.3 is 12.1 Å². The molecule has 0 spiro atoms. The second kappa shape index (κ2) is 11.1. The molecule has 0 unspecified atom stereocenters. The highest BCUT2D eigenvalue weighted by Gasteiger charge is 2.32. The number of rotatable bonds is 6. The van der Waals surface area contributed by atoms with Crippen molar-refractivity contribution in [1.29, 1.82) is 0 Å². The lowest BCUT2D eigenvalue weighted by Crippen LogP contribution is -2.47. The monoisotopic (exact) mass is 371 g/mol. The van der Waals surface area contributed by atoms with Gasteiger partial charge in [-0.05, 0) is 38.8 Å². The predicted molar refractivity (Wildman–Crippen MR) is 106 cm³/mol. The molecule has 2 atom stereocenters. The van der Waals surface area contributed by atoms with E-state index < -0.39 is 29.6 Å². The van der Waals surface area contributed by atoms with Gasteiger partial charge in [-0.2, -0.15) is 0 Å². The van der Waals surface area contributed by atoms with E-state index in [2.05, 4.69) is 24.1 Å². The molecule has 1 amide bonds. The molecule has 0 aliphatic rings. The van der Waals surface area contributed by atoms with Crippen LogP contribution in [0.15, 0.2) is 42.5 Å². The third kappa shape index (κ3) is 8.46. The molecule has 0 heterocycles. The molecule has 0 fully saturated rings. The Morgan fingerprint density at radius 3 is 2.44 bits per heavy atom. The summed E-state index contributed by atoms with van der Waals surface area (Å²) < 4.78 is 10.2. The summed E-state index contributed by atoms with van der Waals surface area (Å²) in [5.74, 6) is 5.00. The zero-order chi connectivity index (χ0) is 20.3. The number of alkyl carbamates (subject to hydrolysis) is 1.